The lowest BCUT2D eigenvalue weighted by atomic mass is 10.0. The van der Waals surface area contributed by atoms with E-state index in [1.54, 1.807) is 0 Å². The average Bonchev–Trinajstić information content (AvgIpc) is 2.48. The molecule has 0 radical (unpaired) electrons. The molecule has 0 aliphatic carbocycles. The predicted octanol–water partition coefficient (Wildman–Crippen LogP) is 3.95. The van der Waals surface area contributed by atoms with Crippen molar-refractivity contribution in [2.24, 2.45) is 0 Å². The zero-order valence-corrected chi connectivity index (χ0v) is 12.7. The highest BCUT2D eigenvalue weighted by Gasteiger charge is 2.10. The van der Waals surface area contributed by atoms with Gasteiger partial charge in [-0.3, -0.25) is 0 Å². The number of aliphatic hydroxyl groups is 1. The van der Waals surface area contributed by atoms with Gasteiger partial charge >= 0.3 is 0 Å². The number of aliphatic hydroxyl groups excluding tert-OH is 1. The van der Waals surface area contributed by atoms with Gasteiger partial charge in [-0.05, 0) is 56.2 Å². The van der Waals surface area contributed by atoms with Crippen molar-refractivity contribution in [2.75, 3.05) is 6.61 Å². The van der Waals surface area contributed by atoms with Gasteiger partial charge in [0.1, 0.15) is 17.6 Å². The average molecular weight is 286 g/mol. The van der Waals surface area contributed by atoms with Crippen LogP contribution < -0.4 is 9.47 Å². The highest BCUT2D eigenvalue weighted by molar-refractivity contribution is 5.36. The molecule has 1 unspecified atom stereocenters. The maximum absolute atomic E-state index is 10.4. The van der Waals surface area contributed by atoms with E-state index in [1.165, 1.54) is 0 Å². The number of hydrogen-bond acceptors (Lipinski definition) is 3. The lowest BCUT2D eigenvalue weighted by molar-refractivity contribution is 0.219. The van der Waals surface area contributed by atoms with Crippen LogP contribution in [0.3, 0.4) is 0 Å². The van der Waals surface area contributed by atoms with Gasteiger partial charge in [0, 0.05) is 0 Å². The van der Waals surface area contributed by atoms with Crippen molar-refractivity contribution in [3.63, 3.8) is 0 Å². The molecule has 112 valence electrons. The molecule has 0 bridgehead atoms. The van der Waals surface area contributed by atoms with E-state index in [1.807, 2.05) is 69.3 Å². The Bertz CT molecular complexity index is 544. The van der Waals surface area contributed by atoms with Crippen LogP contribution >= 0.6 is 0 Å². The van der Waals surface area contributed by atoms with Crippen LogP contribution in [0.5, 0.6) is 11.5 Å². The summed E-state index contributed by atoms with van der Waals surface area (Å²) in [5.41, 5.74) is 1.69. The molecule has 0 aliphatic heterocycles. The van der Waals surface area contributed by atoms with E-state index in [0.717, 1.165) is 22.6 Å². The molecule has 3 nitrogen and oxygen atoms in total. The van der Waals surface area contributed by atoms with Crippen LogP contribution in [0.1, 0.15) is 38.0 Å². The van der Waals surface area contributed by atoms with Gasteiger partial charge < -0.3 is 14.6 Å². The van der Waals surface area contributed by atoms with E-state index in [4.69, 9.17) is 9.47 Å². The molecule has 0 aromatic heterocycles. The summed E-state index contributed by atoms with van der Waals surface area (Å²) in [5, 5.41) is 10.4. The van der Waals surface area contributed by atoms with Gasteiger partial charge in [-0.15, -0.1) is 0 Å². The maximum Gasteiger partial charge on any atom is 0.119 e. The fourth-order valence-corrected chi connectivity index (χ4v) is 2.11. The second-order valence-electron chi connectivity index (χ2n) is 5.14. The molecule has 0 spiro atoms. The molecule has 2 aromatic rings. The largest absolute Gasteiger partial charge is 0.494 e. The Morgan fingerprint density at radius 2 is 1.33 bits per heavy atom. The minimum atomic E-state index is -0.645. The van der Waals surface area contributed by atoms with E-state index in [-0.39, 0.29) is 6.10 Å². The number of rotatable bonds is 6. The van der Waals surface area contributed by atoms with Gasteiger partial charge in [0.15, 0.2) is 0 Å². The van der Waals surface area contributed by atoms with Crippen molar-refractivity contribution < 1.29 is 14.6 Å². The molecule has 1 atom stereocenters. The summed E-state index contributed by atoms with van der Waals surface area (Å²) < 4.78 is 11.0. The number of hydrogen-bond donors (Lipinski definition) is 1. The Morgan fingerprint density at radius 3 is 1.76 bits per heavy atom. The van der Waals surface area contributed by atoms with E-state index < -0.39 is 6.10 Å². The van der Waals surface area contributed by atoms with Crippen molar-refractivity contribution in [1.29, 1.82) is 0 Å². The van der Waals surface area contributed by atoms with Gasteiger partial charge in [0.05, 0.1) is 12.7 Å². The van der Waals surface area contributed by atoms with Crippen LogP contribution in [0, 0.1) is 0 Å². The molecular formula is C18H22O3. The third kappa shape index (κ3) is 4.23. The standard InChI is InChI=1S/C18H22O3/c1-4-20-16-9-5-14(6-10-16)18(19)15-7-11-17(12-8-15)21-13(2)3/h5-13,18-19H,4H2,1-3H3. The minimum absolute atomic E-state index is 0.145. The zero-order valence-electron chi connectivity index (χ0n) is 12.7. The van der Waals surface area contributed by atoms with Gasteiger partial charge in [-0.2, -0.15) is 0 Å². The normalized spacial score (nSPS) is 12.2. The summed E-state index contributed by atoms with van der Waals surface area (Å²) in [6.07, 6.45) is -0.499. The van der Waals surface area contributed by atoms with Crippen LogP contribution in [0.25, 0.3) is 0 Å². The lowest BCUT2D eigenvalue weighted by Crippen LogP contribution is -2.06. The minimum Gasteiger partial charge on any atom is -0.494 e. The second-order valence-corrected chi connectivity index (χ2v) is 5.14. The smallest absolute Gasteiger partial charge is 0.119 e. The van der Waals surface area contributed by atoms with Crippen LogP contribution in [0.15, 0.2) is 48.5 Å². The molecule has 2 rings (SSSR count). The summed E-state index contributed by atoms with van der Waals surface area (Å²) in [7, 11) is 0. The fraction of sp³-hybridized carbons (Fsp3) is 0.333. The lowest BCUT2D eigenvalue weighted by Gasteiger charge is -2.14. The van der Waals surface area contributed by atoms with Crippen LogP contribution in [-0.2, 0) is 0 Å². The Labute approximate surface area is 126 Å². The van der Waals surface area contributed by atoms with Crippen molar-refractivity contribution in [1.82, 2.24) is 0 Å². The Morgan fingerprint density at radius 1 is 0.857 bits per heavy atom. The molecular weight excluding hydrogens is 264 g/mol. The third-order valence-electron chi connectivity index (χ3n) is 3.07. The van der Waals surface area contributed by atoms with Crippen LogP contribution in [0.2, 0.25) is 0 Å². The van der Waals surface area contributed by atoms with Crippen molar-refractivity contribution in [2.45, 2.75) is 33.0 Å². The predicted molar refractivity (Wildman–Crippen MR) is 83.9 cm³/mol. The SMILES string of the molecule is CCOc1ccc(C(O)c2ccc(OC(C)C)cc2)cc1. The summed E-state index contributed by atoms with van der Waals surface area (Å²) in [6.45, 7) is 6.56. The quantitative estimate of drug-likeness (QED) is 0.873. The van der Waals surface area contributed by atoms with Gasteiger partial charge in [-0.1, -0.05) is 24.3 Å². The highest BCUT2D eigenvalue weighted by atomic mass is 16.5. The molecule has 3 heteroatoms. The van der Waals surface area contributed by atoms with E-state index >= 15 is 0 Å². The molecule has 0 saturated carbocycles. The molecule has 1 N–H and O–H groups in total. The Hall–Kier alpha value is -2.00. The molecule has 0 amide bonds. The zero-order chi connectivity index (χ0) is 15.2. The second kappa shape index (κ2) is 7.14. The number of ether oxygens (including phenoxy) is 2. The van der Waals surface area contributed by atoms with Gasteiger partial charge in [-0.25, -0.2) is 0 Å². The first-order valence-electron chi connectivity index (χ1n) is 7.27. The maximum atomic E-state index is 10.4. The van der Waals surface area contributed by atoms with Gasteiger partial charge in [0.2, 0.25) is 0 Å². The van der Waals surface area contributed by atoms with Crippen molar-refractivity contribution >= 4 is 0 Å². The third-order valence-corrected chi connectivity index (χ3v) is 3.07. The highest BCUT2D eigenvalue weighted by Crippen LogP contribution is 2.25. The Kier molecular flexibility index (Phi) is 5.23. The van der Waals surface area contributed by atoms with Gasteiger partial charge in [0.25, 0.3) is 0 Å². The first-order valence-corrected chi connectivity index (χ1v) is 7.27. The summed E-state index contributed by atoms with van der Waals surface area (Å²) in [4.78, 5) is 0. The van der Waals surface area contributed by atoms with Crippen LogP contribution in [0.4, 0.5) is 0 Å². The molecule has 0 aliphatic rings. The number of benzene rings is 2. The summed E-state index contributed by atoms with van der Waals surface area (Å²) in [5.74, 6) is 1.63. The molecule has 21 heavy (non-hydrogen) atoms. The first-order chi connectivity index (χ1) is 10.1. The fourth-order valence-electron chi connectivity index (χ4n) is 2.11. The summed E-state index contributed by atoms with van der Waals surface area (Å²) >= 11 is 0. The van der Waals surface area contributed by atoms with E-state index in [0.29, 0.717) is 6.61 Å². The molecule has 0 heterocycles. The van der Waals surface area contributed by atoms with Crippen molar-refractivity contribution in [3.05, 3.63) is 59.7 Å². The van der Waals surface area contributed by atoms with Crippen molar-refractivity contribution in [3.8, 4) is 11.5 Å². The molecule has 0 fully saturated rings. The first kappa shape index (κ1) is 15.4. The molecule has 2 aromatic carbocycles. The van der Waals surface area contributed by atoms with E-state index in [2.05, 4.69) is 0 Å². The topological polar surface area (TPSA) is 38.7 Å². The monoisotopic (exact) mass is 286 g/mol. The Balaban J connectivity index is 2.09. The molecule has 0 saturated heterocycles. The van der Waals surface area contributed by atoms with E-state index in [9.17, 15) is 5.11 Å². The van der Waals surface area contributed by atoms with Crippen LogP contribution in [-0.4, -0.2) is 17.8 Å². The summed E-state index contributed by atoms with van der Waals surface area (Å²) in [6, 6.07) is 15.1.